The number of aliphatic hydroxyl groups is 3. The number of ether oxygens (including phenoxy) is 2. The monoisotopic (exact) mass is 789 g/mol. The van der Waals surface area contributed by atoms with E-state index in [2.05, 4.69) is 13.8 Å². The van der Waals surface area contributed by atoms with Crippen LogP contribution in [0.4, 0.5) is 0 Å². The van der Waals surface area contributed by atoms with Crippen LogP contribution in [-0.2, 0) is 27.9 Å². The summed E-state index contributed by atoms with van der Waals surface area (Å²) in [6, 6.07) is 0. The standard InChI is InChI=1S/C42H78NO10P/c1-6-8-10-11-12-13-14-15-16-17-18-19-20-24-31-50-37(35-53-54(48,49)52-32-30-43(3,4)5)34-51-42(47)27-23-22-26-38-39(41(46)33-40(38)45)29-28-36(44)25-21-9-7-2/h22-24,28-29,31,36-41,44-46H,6-21,25-27,30,32-35H2,1-5H3/p+1/b23-22-,29-28+,31-24+/t36-,37-,38+,39-,40+,41-/m1/s1. The van der Waals surface area contributed by atoms with Gasteiger partial charge in [-0.25, -0.2) is 4.57 Å². The number of unbranched alkanes of at least 4 members (excludes halogenated alkanes) is 14. The molecule has 0 aliphatic heterocycles. The Labute approximate surface area is 328 Å². The molecule has 1 rings (SSSR count). The van der Waals surface area contributed by atoms with Crippen molar-refractivity contribution in [3.05, 3.63) is 36.6 Å². The number of hydrogen-bond donors (Lipinski definition) is 4. The normalized spacial score (nSPS) is 21.6. The van der Waals surface area contributed by atoms with Crippen LogP contribution in [0.2, 0.25) is 0 Å². The average molecular weight is 789 g/mol. The summed E-state index contributed by atoms with van der Waals surface area (Å²) in [6.07, 6.45) is 28.3. The van der Waals surface area contributed by atoms with Crippen LogP contribution in [0.3, 0.4) is 0 Å². The predicted molar refractivity (Wildman–Crippen MR) is 217 cm³/mol. The van der Waals surface area contributed by atoms with Gasteiger partial charge in [0.05, 0.1) is 58.7 Å². The number of phosphoric ester groups is 1. The Balaban J connectivity index is 2.55. The highest BCUT2D eigenvalue weighted by Gasteiger charge is 2.39. The summed E-state index contributed by atoms with van der Waals surface area (Å²) in [7, 11) is 1.50. The molecule has 11 nitrogen and oxygen atoms in total. The number of aliphatic hydroxyl groups excluding tert-OH is 3. The highest BCUT2D eigenvalue weighted by Crippen LogP contribution is 2.43. The molecule has 0 radical (unpaired) electrons. The summed E-state index contributed by atoms with van der Waals surface area (Å²) in [6.45, 7) is 4.42. The fourth-order valence-electron chi connectivity index (χ4n) is 6.45. The topological polar surface area (TPSA) is 152 Å². The number of allylic oxidation sites excluding steroid dienone is 2. The number of rotatable bonds is 34. The second-order valence-corrected chi connectivity index (χ2v) is 17.5. The van der Waals surface area contributed by atoms with Crippen molar-refractivity contribution in [2.45, 2.75) is 167 Å². The molecule has 0 saturated heterocycles. The molecule has 1 unspecified atom stereocenters. The van der Waals surface area contributed by atoms with Crippen molar-refractivity contribution in [2.75, 3.05) is 47.5 Å². The zero-order chi connectivity index (χ0) is 40.1. The van der Waals surface area contributed by atoms with Gasteiger partial charge in [-0.05, 0) is 37.7 Å². The van der Waals surface area contributed by atoms with Crippen LogP contribution in [0.1, 0.15) is 142 Å². The first-order valence-electron chi connectivity index (χ1n) is 21.0. The lowest BCUT2D eigenvalue weighted by atomic mass is 9.89. The van der Waals surface area contributed by atoms with Gasteiger partial charge in [-0.3, -0.25) is 13.8 Å². The Hall–Kier alpha value is -1.56. The van der Waals surface area contributed by atoms with E-state index in [9.17, 15) is 29.6 Å². The first-order chi connectivity index (χ1) is 25.8. The highest BCUT2D eigenvalue weighted by molar-refractivity contribution is 7.47. The summed E-state index contributed by atoms with van der Waals surface area (Å²) in [5, 5.41) is 31.3. The minimum atomic E-state index is -4.34. The maximum absolute atomic E-state index is 12.6. The van der Waals surface area contributed by atoms with E-state index in [1.165, 1.54) is 70.5 Å². The summed E-state index contributed by atoms with van der Waals surface area (Å²) in [4.78, 5) is 22.8. The lowest BCUT2D eigenvalue weighted by molar-refractivity contribution is -0.870. The van der Waals surface area contributed by atoms with E-state index in [0.717, 1.165) is 38.5 Å². The maximum Gasteiger partial charge on any atom is 0.472 e. The fourth-order valence-corrected chi connectivity index (χ4v) is 7.19. The molecule has 0 aromatic carbocycles. The zero-order valence-electron chi connectivity index (χ0n) is 34.5. The first-order valence-corrected chi connectivity index (χ1v) is 22.5. The van der Waals surface area contributed by atoms with Crippen LogP contribution >= 0.6 is 7.82 Å². The third-order valence-corrected chi connectivity index (χ3v) is 10.9. The molecule has 1 saturated carbocycles. The molecule has 0 amide bonds. The van der Waals surface area contributed by atoms with Crippen LogP contribution in [-0.4, -0.2) is 103 Å². The Kier molecular flexibility index (Phi) is 28.6. The molecular weight excluding hydrogens is 709 g/mol. The second-order valence-electron chi connectivity index (χ2n) is 16.1. The SMILES string of the molecule is CCCCCCCCCCCCCC/C=C/O[C@H](COC(=O)C/C=C\C[C@H]1[C@@H](/C=C/[C@H](O)CCCCC)[C@H](O)C[C@@H]1O)COP(=O)(O)OCC[N+](C)(C)C. The van der Waals surface area contributed by atoms with E-state index < -0.39 is 38.2 Å². The molecule has 54 heavy (non-hydrogen) atoms. The predicted octanol–water partition coefficient (Wildman–Crippen LogP) is 8.55. The van der Waals surface area contributed by atoms with Crippen LogP contribution in [0.25, 0.3) is 0 Å². The van der Waals surface area contributed by atoms with Crippen LogP contribution < -0.4 is 0 Å². The van der Waals surface area contributed by atoms with Gasteiger partial charge in [0.1, 0.15) is 19.8 Å². The van der Waals surface area contributed by atoms with Gasteiger partial charge in [-0.2, -0.15) is 0 Å². The van der Waals surface area contributed by atoms with Gasteiger partial charge in [-0.15, -0.1) is 0 Å². The first kappa shape index (κ1) is 50.5. The van der Waals surface area contributed by atoms with Gasteiger partial charge in [0.2, 0.25) is 0 Å². The molecular formula is C42H79NO10P+. The Bertz CT molecular complexity index is 1080. The van der Waals surface area contributed by atoms with Gasteiger partial charge in [0, 0.05) is 12.3 Å². The van der Waals surface area contributed by atoms with Gasteiger partial charge in [0.25, 0.3) is 0 Å². The number of likely N-dealkylation sites (N-methyl/N-ethyl adjacent to an activating group) is 1. The smallest absolute Gasteiger partial charge is 0.472 e. The van der Waals surface area contributed by atoms with Crippen LogP contribution in [0.5, 0.6) is 0 Å². The third-order valence-electron chi connectivity index (χ3n) is 9.90. The maximum atomic E-state index is 12.6. The summed E-state index contributed by atoms with van der Waals surface area (Å²) >= 11 is 0. The molecule has 0 bridgehead atoms. The van der Waals surface area contributed by atoms with E-state index in [1.54, 1.807) is 18.2 Å². The zero-order valence-corrected chi connectivity index (χ0v) is 35.4. The number of quaternary nitrogens is 1. The lowest BCUT2D eigenvalue weighted by Gasteiger charge is -2.24. The number of carbonyl (C=O) groups is 1. The molecule has 1 aliphatic rings. The van der Waals surface area contributed by atoms with E-state index in [-0.39, 0.29) is 44.5 Å². The Morgan fingerprint density at radius 2 is 1.43 bits per heavy atom. The largest absolute Gasteiger partial charge is 0.492 e. The molecule has 1 aliphatic carbocycles. The quantitative estimate of drug-likeness (QED) is 0.0125. The average Bonchev–Trinajstić information content (AvgIpc) is 3.38. The molecule has 1 fully saturated rings. The number of nitrogens with zero attached hydrogens (tertiary/aromatic N) is 1. The summed E-state index contributed by atoms with van der Waals surface area (Å²) in [5.41, 5.74) is 0. The summed E-state index contributed by atoms with van der Waals surface area (Å²) < 4.78 is 34.6. The molecule has 0 aromatic rings. The minimum Gasteiger partial charge on any atom is -0.492 e. The van der Waals surface area contributed by atoms with Gasteiger partial charge in [0.15, 0.2) is 6.10 Å². The van der Waals surface area contributed by atoms with Gasteiger partial charge in [-0.1, -0.05) is 128 Å². The molecule has 7 atom stereocenters. The van der Waals surface area contributed by atoms with Crippen LogP contribution in [0.15, 0.2) is 36.6 Å². The van der Waals surface area contributed by atoms with Crippen molar-refractivity contribution in [2.24, 2.45) is 11.8 Å². The molecule has 316 valence electrons. The van der Waals surface area contributed by atoms with Gasteiger partial charge < -0.3 is 34.2 Å². The highest BCUT2D eigenvalue weighted by atomic mass is 31.2. The third kappa shape index (κ3) is 27.1. The number of carbonyl (C=O) groups excluding carboxylic acids is 1. The molecule has 0 heterocycles. The van der Waals surface area contributed by atoms with Crippen molar-refractivity contribution in [1.82, 2.24) is 0 Å². The lowest BCUT2D eigenvalue weighted by Crippen LogP contribution is -2.37. The number of hydrogen-bond acceptors (Lipinski definition) is 9. The Morgan fingerprint density at radius 1 is 0.815 bits per heavy atom. The van der Waals surface area contributed by atoms with E-state index in [0.29, 0.717) is 23.9 Å². The van der Waals surface area contributed by atoms with Crippen molar-refractivity contribution < 1.29 is 52.6 Å². The van der Waals surface area contributed by atoms with Crippen molar-refractivity contribution in [3.8, 4) is 0 Å². The van der Waals surface area contributed by atoms with Gasteiger partial charge >= 0.3 is 13.8 Å². The molecule has 12 heteroatoms. The van der Waals surface area contributed by atoms with Crippen LogP contribution in [0, 0.1) is 11.8 Å². The molecule has 0 spiro atoms. The van der Waals surface area contributed by atoms with Crippen molar-refractivity contribution >= 4 is 13.8 Å². The second kappa shape index (κ2) is 30.6. The Morgan fingerprint density at radius 3 is 2.06 bits per heavy atom. The number of phosphoric acid groups is 1. The van der Waals surface area contributed by atoms with Crippen molar-refractivity contribution in [1.29, 1.82) is 0 Å². The molecule has 0 aromatic heterocycles. The minimum absolute atomic E-state index is 0.0168. The van der Waals surface area contributed by atoms with E-state index in [4.69, 9.17) is 18.5 Å². The fraction of sp³-hybridized carbons (Fsp3) is 0.833. The van der Waals surface area contributed by atoms with Crippen molar-refractivity contribution in [3.63, 3.8) is 0 Å². The molecule has 4 N–H and O–H groups in total. The van der Waals surface area contributed by atoms with E-state index >= 15 is 0 Å². The number of esters is 1. The summed E-state index contributed by atoms with van der Waals surface area (Å²) in [5.74, 6) is -1.03. The van der Waals surface area contributed by atoms with E-state index in [1.807, 2.05) is 33.3 Å².